The highest BCUT2D eigenvalue weighted by Gasteiger charge is 2.39. The van der Waals surface area contributed by atoms with Gasteiger partial charge in [-0.25, -0.2) is 0 Å². The van der Waals surface area contributed by atoms with Crippen LogP contribution in [0, 0.1) is 13.8 Å². The van der Waals surface area contributed by atoms with E-state index in [0.29, 0.717) is 6.04 Å². The molecular formula is C22H35N3O. The molecule has 0 unspecified atom stereocenters. The molecule has 4 heteroatoms. The van der Waals surface area contributed by atoms with Crippen molar-refractivity contribution < 1.29 is 4.79 Å². The van der Waals surface area contributed by atoms with Crippen LogP contribution in [0.5, 0.6) is 0 Å². The number of hydrogen-bond acceptors (Lipinski definition) is 2. The first-order valence-electron chi connectivity index (χ1n) is 10.8. The van der Waals surface area contributed by atoms with Crippen LogP contribution in [0.3, 0.4) is 0 Å². The number of nitrogens with zero attached hydrogens (tertiary/aromatic N) is 2. The van der Waals surface area contributed by atoms with Gasteiger partial charge in [-0.1, -0.05) is 25.7 Å². The summed E-state index contributed by atoms with van der Waals surface area (Å²) in [6.45, 7) is 7.50. The second kappa shape index (κ2) is 7.38. The minimum atomic E-state index is 0.131. The van der Waals surface area contributed by atoms with Crippen LogP contribution >= 0.6 is 0 Å². The maximum absolute atomic E-state index is 13.0. The lowest BCUT2D eigenvalue weighted by atomic mass is 9.79. The van der Waals surface area contributed by atoms with Crippen LogP contribution in [0.1, 0.15) is 92.0 Å². The van der Waals surface area contributed by atoms with E-state index >= 15 is 0 Å². The highest BCUT2D eigenvalue weighted by Crippen LogP contribution is 2.38. The monoisotopic (exact) mass is 357 g/mol. The van der Waals surface area contributed by atoms with Gasteiger partial charge < -0.3 is 9.88 Å². The van der Waals surface area contributed by atoms with E-state index in [1.807, 2.05) is 0 Å². The fourth-order valence-corrected chi connectivity index (χ4v) is 5.42. The van der Waals surface area contributed by atoms with Crippen molar-refractivity contribution in [1.29, 1.82) is 0 Å². The third-order valence-electron chi connectivity index (χ3n) is 7.03. The number of hydrogen-bond donors (Lipinski definition) is 1. The topological polar surface area (TPSA) is 37.3 Å². The van der Waals surface area contributed by atoms with Crippen molar-refractivity contribution in [2.24, 2.45) is 0 Å². The van der Waals surface area contributed by atoms with Crippen LogP contribution in [0.2, 0.25) is 0 Å². The molecular weight excluding hydrogens is 322 g/mol. The van der Waals surface area contributed by atoms with Crippen LogP contribution in [0.15, 0.2) is 6.07 Å². The minimum absolute atomic E-state index is 0.131. The van der Waals surface area contributed by atoms with Crippen LogP contribution in [0.25, 0.3) is 0 Å². The number of likely N-dealkylation sites (tertiary alicyclic amines) is 1. The van der Waals surface area contributed by atoms with Gasteiger partial charge in [-0.2, -0.15) is 0 Å². The highest BCUT2D eigenvalue weighted by molar-refractivity contribution is 5.95. The fourth-order valence-electron chi connectivity index (χ4n) is 5.42. The fraction of sp³-hybridized carbons (Fsp3) is 0.773. The summed E-state index contributed by atoms with van der Waals surface area (Å²) in [5.74, 6) is 0.131. The summed E-state index contributed by atoms with van der Waals surface area (Å²) in [6.07, 6.45) is 13.0. The molecule has 1 aromatic rings. The number of carbonyl (C=O) groups excluding carboxylic acids is 1. The molecule has 0 bridgehead atoms. The van der Waals surface area contributed by atoms with Gasteiger partial charge in [0.15, 0.2) is 0 Å². The molecule has 26 heavy (non-hydrogen) atoms. The molecule has 1 aromatic heterocycles. The van der Waals surface area contributed by atoms with Crippen molar-refractivity contribution in [3.05, 3.63) is 23.0 Å². The molecule has 3 fully saturated rings. The maximum Gasteiger partial charge on any atom is 0.253 e. The Morgan fingerprint density at radius 3 is 2.38 bits per heavy atom. The Morgan fingerprint density at radius 1 is 1.08 bits per heavy atom. The SMILES string of the molecule is Cc1cc(C(=O)NCC2(N3CCCCC3)CCCCC2)c(C)n1C1CC1. The van der Waals surface area contributed by atoms with Gasteiger partial charge in [0.05, 0.1) is 5.56 Å². The molecule has 4 rings (SSSR count). The highest BCUT2D eigenvalue weighted by atomic mass is 16.1. The number of carbonyl (C=O) groups is 1. The van der Waals surface area contributed by atoms with E-state index in [2.05, 4.69) is 34.7 Å². The first-order valence-corrected chi connectivity index (χ1v) is 10.8. The number of nitrogens with one attached hydrogen (secondary N) is 1. The third kappa shape index (κ3) is 3.45. The van der Waals surface area contributed by atoms with E-state index in [4.69, 9.17) is 0 Å². The van der Waals surface area contributed by atoms with Gasteiger partial charge >= 0.3 is 0 Å². The van der Waals surface area contributed by atoms with Crippen LogP contribution in [-0.4, -0.2) is 40.5 Å². The molecule has 0 atom stereocenters. The molecule has 0 aromatic carbocycles. The second-order valence-electron chi connectivity index (χ2n) is 8.90. The standard InChI is InChI=1S/C22H35N3O/c1-17-15-20(18(2)25(17)19-9-10-19)21(26)23-16-22(11-5-3-6-12-22)24-13-7-4-8-14-24/h15,19H,3-14,16H2,1-2H3,(H,23,26). The van der Waals surface area contributed by atoms with Gasteiger partial charge in [-0.3, -0.25) is 9.69 Å². The maximum atomic E-state index is 13.0. The number of amides is 1. The Balaban J connectivity index is 1.47. The van der Waals surface area contributed by atoms with E-state index in [1.54, 1.807) is 0 Å². The van der Waals surface area contributed by atoms with Crippen molar-refractivity contribution >= 4 is 5.91 Å². The number of aromatic nitrogens is 1. The zero-order valence-corrected chi connectivity index (χ0v) is 16.6. The number of rotatable bonds is 5. The van der Waals surface area contributed by atoms with E-state index in [-0.39, 0.29) is 11.4 Å². The van der Waals surface area contributed by atoms with Gasteiger partial charge in [0, 0.05) is 29.5 Å². The zero-order chi connectivity index (χ0) is 18.1. The summed E-state index contributed by atoms with van der Waals surface area (Å²) in [4.78, 5) is 15.7. The third-order valence-corrected chi connectivity index (χ3v) is 7.03. The minimum Gasteiger partial charge on any atom is -0.350 e. The Kier molecular flexibility index (Phi) is 5.13. The summed E-state index contributed by atoms with van der Waals surface area (Å²) in [6, 6.07) is 2.73. The van der Waals surface area contributed by atoms with Crippen molar-refractivity contribution in [2.45, 2.75) is 89.6 Å². The molecule has 1 aliphatic heterocycles. The lowest BCUT2D eigenvalue weighted by Gasteiger charge is -2.48. The lowest BCUT2D eigenvalue weighted by molar-refractivity contribution is 0.0326. The first-order chi connectivity index (χ1) is 12.6. The van der Waals surface area contributed by atoms with Crippen molar-refractivity contribution in [2.75, 3.05) is 19.6 Å². The Hall–Kier alpha value is -1.29. The van der Waals surface area contributed by atoms with Crippen molar-refractivity contribution in [1.82, 2.24) is 14.8 Å². The van der Waals surface area contributed by atoms with E-state index in [0.717, 1.165) is 17.8 Å². The lowest BCUT2D eigenvalue weighted by Crippen LogP contribution is -2.58. The number of piperidine rings is 1. The summed E-state index contributed by atoms with van der Waals surface area (Å²) in [7, 11) is 0. The molecule has 1 saturated heterocycles. The summed E-state index contributed by atoms with van der Waals surface area (Å²) >= 11 is 0. The summed E-state index contributed by atoms with van der Waals surface area (Å²) in [5.41, 5.74) is 3.48. The molecule has 2 aliphatic carbocycles. The zero-order valence-electron chi connectivity index (χ0n) is 16.6. The molecule has 2 saturated carbocycles. The Labute approximate surface area is 158 Å². The predicted octanol–water partition coefficient (Wildman–Crippen LogP) is 4.36. The van der Waals surface area contributed by atoms with E-state index < -0.39 is 0 Å². The van der Waals surface area contributed by atoms with E-state index in [1.165, 1.54) is 83.0 Å². The smallest absolute Gasteiger partial charge is 0.253 e. The predicted molar refractivity (Wildman–Crippen MR) is 106 cm³/mol. The van der Waals surface area contributed by atoms with Crippen molar-refractivity contribution in [3.63, 3.8) is 0 Å². The molecule has 1 amide bonds. The molecule has 0 spiro atoms. The van der Waals surface area contributed by atoms with Crippen LogP contribution < -0.4 is 5.32 Å². The van der Waals surface area contributed by atoms with E-state index in [9.17, 15) is 4.79 Å². The average Bonchev–Trinajstić information content (AvgIpc) is 3.46. The quantitative estimate of drug-likeness (QED) is 0.850. The molecule has 3 aliphatic rings. The molecule has 0 radical (unpaired) electrons. The van der Waals surface area contributed by atoms with Crippen LogP contribution in [-0.2, 0) is 0 Å². The van der Waals surface area contributed by atoms with Gasteiger partial charge in [-0.05, 0) is 71.5 Å². The molecule has 2 heterocycles. The molecule has 1 N–H and O–H groups in total. The molecule has 4 nitrogen and oxygen atoms in total. The van der Waals surface area contributed by atoms with Gasteiger partial charge in [0.2, 0.25) is 0 Å². The summed E-state index contributed by atoms with van der Waals surface area (Å²) in [5, 5.41) is 3.35. The largest absolute Gasteiger partial charge is 0.350 e. The number of aryl methyl sites for hydroxylation is 1. The van der Waals surface area contributed by atoms with Crippen molar-refractivity contribution in [3.8, 4) is 0 Å². The molecule has 144 valence electrons. The second-order valence-corrected chi connectivity index (χ2v) is 8.90. The Bertz CT molecular complexity index is 647. The normalized spacial score (nSPS) is 23.8. The van der Waals surface area contributed by atoms with Gasteiger partial charge in [-0.15, -0.1) is 0 Å². The average molecular weight is 358 g/mol. The Morgan fingerprint density at radius 2 is 1.73 bits per heavy atom. The van der Waals surface area contributed by atoms with Gasteiger partial charge in [0.25, 0.3) is 5.91 Å². The van der Waals surface area contributed by atoms with Crippen LogP contribution in [0.4, 0.5) is 0 Å². The first kappa shape index (κ1) is 18.1. The summed E-state index contributed by atoms with van der Waals surface area (Å²) < 4.78 is 2.37. The van der Waals surface area contributed by atoms with Gasteiger partial charge in [0.1, 0.15) is 0 Å².